The second-order valence-corrected chi connectivity index (χ2v) is 14.2. The summed E-state index contributed by atoms with van der Waals surface area (Å²) in [7, 11) is 0. The fourth-order valence-electron chi connectivity index (χ4n) is 6.31. The van der Waals surface area contributed by atoms with Gasteiger partial charge >= 0.3 is 0 Å². The van der Waals surface area contributed by atoms with Crippen LogP contribution in [0.2, 0.25) is 0 Å². The molecule has 228 valence electrons. The number of aromatic hydroxyl groups is 1. The highest BCUT2D eigenvalue weighted by Crippen LogP contribution is 2.43. The Kier molecular flexibility index (Phi) is 7.05. The van der Waals surface area contributed by atoms with Gasteiger partial charge in [-0.15, -0.1) is 0 Å². The number of pyridine rings is 2. The molecule has 0 fully saturated rings. The lowest BCUT2D eigenvalue weighted by Gasteiger charge is -2.27. The minimum absolute atomic E-state index is 0.114. The summed E-state index contributed by atoms with van der Waals surface area (Å²) in [6.45, 7) is 13.1. The van der Waals surface area contributed by atoms with Gasteiger partial charge in [0.1, 0.15) is 11.6 Å². The van der Waals surface area contributed by atoms with Crippen LogP contribution in [-0.4, -0.2) is 19.6 Å². The first-order valence-corrected chi connectivity index (χ1v) is 15.9. The Morgan fingerprint density at radius 2 is 1.28 bits per heavy atom. The summed E-state index contributed by atoms with van der Waals surface area (Å²) in [5.74, 6) is 1.07. The van der Waals surface area contributed by atoms with E-state index < -0.39 is 0 Å². The summed E-state index contributed by atoms with van der Waals surface area (Å²) < 4.78 is 2.25. The van der Waals surface area contributed by atoms with E-state index in [1.54, 1.807) is 0 Å². The summed E-state index contributed by atoms with van der Waals surface area (Å²) in [4.78, 5) is 10.0. The highest BCUT2D eigenvalue weighted by atomic mass is 16.3. The summed E-state index contributed by atoms with van der Waals surface area (Å²) in [6.07, 6.45) is 1.83. The van der Waals surface area contributed by atoms with Gasteiger partial charge in [0.25, 0.3) is 0 Å². The zero-order chi connectivity index (χ0) is 32.2. The third-order valence-electron chi connectivity index (χ3n) is 8.84. The van der Waals surface area contributed by atoms with Gasteiger partial charge in [-0.2, -0.15) is 0 Å². The molecule has 7 aromatic rings. The van der Waals surface area contributed by atoms with Crippen molar-refractivity contribution in [3.63, 3.8) is 0 Å². The summed E-state index contributed by atoms with van der Waals surface area (Å²) in [5, 5.41) is 14.2. The number of nitrogens with zero attached hydrogens (tertiary/aromatic N) is 3. The lowest BCUT2D eigenvalue weighted by atomic mass is 9.78. The molecule has 0 aliphatic rings. The molecule has 3 aromatic heterocycles. The SMILES string of the molecule is CC(C)(C)c1cc(-c2cc(-c3ccccc3)cc(-n3c4ccccc4c4ccc(-c5ccccn5)cc43)n2)c(O)c(C(C)(C)C)c1. The van der Waals surface area contributed by atoms with E-state index in [2.05, 4.69) is 142 Å². The average Bonchev–Trinajstić information content (AvgIpc) is 3.38. The standard InChI is InChI=1S/C42H39N3O/c1-41(2,3)30-25-33(40(46)34(26-30)42(4,5)6)36-22-29(27-14-8-7-9-15-27)24-39(44-36)45-37-18-11-10-16-31(37)32-20-19-28(23-38(32)45)35-17-12-13-21-43-35/h7-26,46H,1-6H3. The molecule has 0 atom stereocenters. The third kappa shape index (κ3) is 5.24. The first kappa shape index (κ1) is 29.5. The number of para-hydroxylation sites is 1. The van der Waals surface area contributed by atoms with Crippen LogP contribution >= 0.6 is 0 Å². The highest BCUT2D eigenvalue weighted by molar-refractivity contribution is 6.10. The van der Waals surface area contributed by atoms with Crippen LogP contribution in [0.5, 0.6) is 5.75 Å². The molecule has 4 aromatic carbocycles. The van der Waals surface area contributed by atoms with Gasteiger partial charge in [-0.25, -0.2) is 4.98 Å². The van der Waals surface area contributed by atoms with Crippen molar-refractivity contribution in [2.24, 2.45) is 0 Å². The number of phenolic OH excluding ortho intramolecular Hbond substituents is 1. The van der Waals surface area contributed by atoms with Crippen molar-refractivity contribution >= 4 is 21.8 Å². The van der Waals surface area contributed by atoms with Gasteiger partial charge in [0.2, 0.25) is 0 Å². The normalized spacial score (nSPS) is 12.2. The van der Waals surface area contributed by atoms with Gasteiger partial charge in [0, 0.05) is 33.7 Å². The van der Waals surface area contributed by atoms with Crippen LogP contribution in [0.25, 0.3) is 61.3 Å². The number of aromatic nitrogens is 3. The second kappa shape index (κ2) is 11.0. The largest absolute Gasteiger partial charge is 0.507 e. The Bertz CT molecular complexity index is 2220. The molecule has 0 bridgehead atoms. The number of hydrogen-bond acceptors (Lipinski definition) is 3. The zero-order valence-electron chi connectivity index (χ0n) is 27.3. The molecule has 4 nitrogen and oxygen atoms in total. The maximum atomic E-state index is 11.9. The first-order chi connectivity index (χ1) is 22.0. The van der Waals surface area contributed by atoms with E-state index in [4.69, 9.17) is 4.98 Å². The summed E-state index contributed by atoms with van der Waals surface area (Å²) in [6, 6.07) is 40.0. The highest BCUT2D eigenvalue weighted by Gasteiger charge is 2.27. The van der Waals surface area contributed by atoms with Crippen molar-refractivity contribution in [3.05, 3.63) is 133 Å². The Balaban J connectivity index is 1.56. The van der Waals surface area contributed by atoms with E-state index in [1.807, 2.05) is 30.5 Å². The lowest BCUT2D eigenvalue weighted by molar-refractivity contribution is 0.446. The molecular formula is C42H39N3O. The average molecular weight is 602 g/mol. The third-order valence-corrected chi connectivity index (χ3v) is 8.84. The first-order valence-electron chi connectivity index (χ1n) is 15.9. The smallest absolute Gasteiger partial charge is 0.138 e. The van der Waals surface area contributed by atoms with Crippen LogP contribution in [0, 0.1) is 0 Å². The summed E-state index contributed by atoms with van der Waals surface area (Å²) >= 11 is 0. The van der Waals surface area contributed by atoms with Crippen LogP contribution in [0.1, 0.15) is 52.7 Å². The van der Waals surface area contributed by atoms with E-state index in [0.717, 1.165) is 72.4 Å². The Morgan fingerprint density at radius 3 is 2.00 bits per heavy atom. The van der Waals surface area contributed by atoms with E-state index in [-0.39, 0.29) is 16.6 Å². The maximum absolute atomic E-state index is 11.9. The molecule has 4 heteroatoms. The van der Waals surface area contributed by atoms with Gasteiger partial charge in [-0.3, -0.25) is 9.55 Å². The lowest BCUT2D eigenvalue weighted by Crippen LogP contribution is -2.17. The van der Waals surface area contributed by atoms with Gasteiger partial charge in [0.05, 0.1) is 22.4 Å². The molecule has 0 aliphatic carbocycles. The monoisotopic (exact) mass is 601 g/mol. The predicted molar refractivity (Wildman–Crippen MR) is 192 cm³/mol. The molecule has 7 rings (SSSR count). The predicted octanol–water partition coefficient (Wildman–Crippen LogP) is 10.9. The molecule has 0 unspecified atom stereocenters. The molecule has 1 N–H and O–H groups in total. The molecule has 0 aliphatic heterocycles. The van der Waals surface area contributed by atoms with Gasteiger partial charge in [-0.1, -0.05) is 114 Å². The summed E-state index contributed by atoms with van der Waals surface area (Å²) in [5.41, 5.74) is 9.40. The molecule has 0 spiro atoms. The van der Waals surface area contributed by atoms with Gasteiger partial charge in [0.15, 0.2) is 0 Å². The minimum Gasteiger partial charge on any atom is -0.507 e. The topological polar surface area (TPSA) is 50.9 Å². The zero-order valence-corrected chi connectivity index (χ0v) is 27.3. The quantitative estimate of drug-likeness (QED) is 0.218. The molecule has 0 saturated heterocycles. The van der Waals surface area contributed by atoms with E-state index in [1.165, 1.54) is 0 Å². The van der Waals surface area contributed by atoms with Crippen molar-refractivity contribution in [1.82, 2.24) is 14.5 Å². The van der Waals surface area contributed by atoms with Crippen LogP contribution < -0.4 is 0 Å². The number of rotatable bonds is 4. The van der Waals surface area contributed by atoms with Crippen molar-refractivity contribution in [2.45, 2.75) is 52.4 Å². The van der Waals surface area contributed by atoms with Crippen molar-refractivity contribution < 1.29 is 5.11 Å². The van der Waals surface area contributed by atoms with Crippen LogP contribution in [0.3, 0.4) is 0 Å². The fraction of sp³-hybridized carbons (Fsp3) is 0.190. The van der Waals surface area contributed by atoms with E-state index in [9.17, 15) is 5.11 Å². The molecule has 0 radical (unpaired) electrons. The van der Waals surface area contributed by atoms with E-state index >= 15 is 0 Å². The van der Waals surface area contributed by atoms with Crippen LogP contribution in [0.15, 0.2) is 121 Å². The van der Waals surface area contributed by atoms with Crippen molar-refractivity contribution in [3.8, 4) is 45.2 Å². The minimum atomic E-state index is -0.255. The number of fused-ring (bicyclic) bond motifs is 3. The Labute approximate surface area is 271 Å². The van der Waals surface area contributed by atoms with Crippen LogP contribution in [-0.2, 0) is 10.8 Å². The number of phenols is 1. The Hall–Kier alpha value is -5.22. The molecule has 0 saturated carbocycles. The number of benzene rings is 4. The van der Waals surface area contributed by atoms with Crippen LogP contribution in [0.4, 0.5) is 0 Å². The Morgan fingerprint density at radius 1 is 0.565 bits per heavy atom. The van der Waals surface area contributed by atoms with Crippen molar-refractivity contribution in [1.29, 1.82) is 0 Å². The molecule has 46 heavy (non-hydrogen) atoms. The maximum Gasteiger partial charge on any atom is 0.138 e. The molecular weight excluding hydrogens is 562 g/mol. The molecule has 0 amide bonds. The second-order valence-electron chi connectivity index (χ2n) is 14.2. The van der Waals surface area contributed by atoms with Gasteiger partial charge < -0.3 is 5.11 Å². The molecule has 3 heterocycles. The van der Waals surface area contributed by atoms with Gasteiger partial charge in [-0.05, 0) is 70.0 Å². The van der Waals surface area contributed by atoms with E-state index in [0.29, 0.717) is 0 Å². The van der Waals surface area contributed by atoms with Crippen molar-refractivity contribution in [2.75, 3.05) is 0 Å². The fourth-order valence-corrected chi connectivity index (χ4v) is 6.31. The number of hydrogen-bond donors (Lipinski definition) is 1.